The van der Waals surface area contributed by atoms with Gasteiger partial charge < -0.3 is 9.57 Å². The van der Waals surface area contributed by atoms with Gasteiger partial charge in [0.05, 0.1) is 46.8 Å². The molecule has 3 aromatic rings. The molecule has 0 spiro atoms. The maximum atomic E-state index is 13.4. The third-order valence-corrected chi connectivity index (χ3v) is 7.36. The van der Waals surface area contributed by atoms with E-state index in [4.69, 9.17) is 14.6 Å². The number of para-hydroxylation sites is 2. The Kier molecular flexibility index (Phi) is 3.70. The largest absolute Gasteiger partial charge is 0.389 e. The third-order valence-electron chi connectivity index (χ3n) is 6.84. The highest BCUT2D eigenvalue weighted by Crippen LogP contribution is 2.55. The number of hydrogen-bond acceptors (Lipinski definition) is 7. The van der Waals surface area contributed by atoms with Crippen molar-refractivity contribution in [1.82, 2.24) is 9.97 Å². The Bertz CT molecular complexity index is 1340. The maximum Gasteiger partial charge on any atom is 0.240 e. The maximum absolute atomic E-state index is 13.4. The number of carbonyl (C=O) groups is 2. The first-order valence-electron chi connectivity index (χ1n) is 10.4. The molecule has 0 saturated carbocycles. The zero-order chi connectivity index (χ0) is 21.6. The molecule has 3 fully saturated rings. The molecule has 6 atom stereocenters. The lowest BCUT2D eigenvalue weighted by Gasteiger charge is -2.25. The highest BCUT2D eigenvalue weighted by atomic mass is 79.9. The number of aromatic nitrogens is 2. The first-order valence-corrected chi connectivity index (χ1v) is 11.2. The second-order valence-corrected chi connectivity index (χ2v) is 9.34. The number of hydrogen-bond donors (Lipinski definition) is 0. The predicted octanol–water partition coefficient (Wildman–Crippen LogP) is 2.70. The van der Waals surface area contributed by atoms with Gasteiger partial charge in [-0.15, -0.1) is 0 Å². The number of amides is 2. The number of imide groups is 1. The second-order valence-electron chi connectivity index (χ2n) is 8.42. The lowest BCUT2D eigenvalue weighted by atomic mass is 9.72. The Morgan fingerprint density at radius 2 is 1.56 bits per heavy atom. The minimum absolute atomic E-state index is 0.232. The van der Waals surface area contributed by atoms with Gasteiger partial charge >= 0.3 is 0 Å². The highest BCUT2D eigenvalue weighted by Gasteiger charge is 2.72. The number of nitrogens with zero attached hydrogens (tertiary/aromatic N) is 4. The molecule has 0 N–H and O–H groups in total. The van der Waals surface area contributed by atoms with Gasteiger partial charge in [-0.1, -0.05) is 33.2 Å². The van der Waals surface area contributed by atoms with Crippen LogP contribution in [0.25, 0.3) is 11.0 Å². The predicted molar refractivity (Wildman–Crippen MR) is 117 cm³/mol. The summed E-state index contributed by atoms with van der Waals surface area (Å²) in [4.78, 5) is 42.9. The van der Waals surface area contributed by atoms with Crippen molar-refractivity contribution in [2.24, 2.45) is 22.9 Å². The van der Waals surface area contributed by atoms with E-state index < -0.39 is 30.1 Å². The van der Waals surface area contributed by atoms with Crippen molar-refractivity contribution < 1.29 is 19.2 Å². The molecule has 4 aliphatic rings. The number of benzene rings is 2. The fraction of sp³-hybridized carbons (Fsp3) is 0.261. The van der Waals surface area contributed by atoms with Crippen LogP contribution in [0.1, 0.15) is 5.69 Å². The van der Waals surface area contributed by atoms with Crippen molar-refractivity contribution in [1.29, 1.82) is 0 Å². The van der Waals surface area contributed by atoms with E-state index in [1.165, 1.54) is 4.90 Å². The summed E-state index contributed by atoms with van der Waals surface area (Å²) >= 11 is 3.39. The summed E-state index contributed by atoms with van der Waals surface area (Å²) in [5.74, 6) is -1.86. The van der Waals surface area contributed by atoms with Gasteiger partial charge in [-0.2, -0.15) is 0 Å². The van der Waals surface area contributed by atoms with Crippen LogP contribution in [0.5, 0.6) is 0 Å². The van der Waals surface area contributed by atoms with E-state index in [-0.39, 0.29) is 17.7 Å². The SMILES string of the molecule is O=C1[C@@H]2[C@@H]3O[C@@H]([C@H]4C(c5cnc6ccccc6n5)=NO[C@@H]34)[C@@H]2C(=O)N1c1ccc(Br)cc1. The van der Waals surface area contributed by atoms with Crippen LogP contribution in [0, 0.1) is 17.8 Å². The van der Waals surface area contributed by atoms with E-state index in [2.05, 4.69) is 26.1 Å². The van der Waals surface area contributed by atoms with E-state index in [9.17, 15) is 9.59 Å². The number of anilines is 1. The zero-order valence-electron chi connectivity index (χ0n) is 16.5. The first-order chi connectivity index (χ1) is 15.6. The van der Waals surface area contributed by atoms with Crippen molar-refractivity contribution in [2.45, 2.75) is 18.3 Å². The van der Waals surface area contributed by atoms with Gasteiger partial charge in [0.1, 0.15) is 17.5 Å². The summed E-state index contributed by atoms with van der Waals surface area (Å²) < 4.78 is 7.04. The van der Waals surface area contributed by atoms with Crippen LogP contribution in [0.2, 0.25) is 0 Å². The van der Waals surface area contributed by atoms with E-state index in [1.807, 2.05) is 36.4 Å². The number of halogens is 1. The van der Waals surface area contributed by atoms with Crippen LogP contribution in [0.3, 0.4) is 0 Å². The highest BCUT2D eigenvalue weighted by molar-refractivity contribution is 9.10. The van der Waals surface area contributed by atoms with Crippen LogP contribution < -0.4 is 4.90 Å². The lowest BCUT2D eigenvalue weighted by Crippen LogP contribution is -2.45. The van der Waals surface area contributed by atoms with Gasteiger partial charge in [0.25, 0.3) is 0 Å². The lowest BCUT2D eigenvalue weighted by molar-refractivity contribution is -0.125. The molecule has 0 radical (unpaired) electrons. The molecule has 2 amide bonds. The Labute approximate surface area is 190 Å². The number of fused-ring (bicyclic) bond motifs is 9. The summed E-state index contributed by atoms with van der Waals surface area (Å²) in [6.45, 7) is 0. The molecular formula is C23H15BrN4O4. The minimum atomic E-state index is -0.561. The smallest absolute Gasteiger partial charge is 0.240 e. The molecule has 4 aliphatic heterocycles. The molecule has 2 bridgehead atoms. The first kappa shape index (κ1) is 18.4. The van der Waals surface area contributed by atoms with E-state index >= 15 is 0 Å². The summed E-state index contributed by atoms with van der Waals surface area (Å²) in [7, 11) is 0. The molecular weight excluding hydrogens is 476 g/mol. The summed E-state index contributed by atoms with van der Waals surface area (Å²) in [5.41, 5.74) is 3.34. The normalized spacial score (nSPS) is 32.3. The topological polar surface area (TPSA) is 94.0 Å². The molecule has 0 unspecified atom stereocenters. The van der Waals surface area contributed by atoms with Crippen molar-refractivity contribution >= 4 is 50.2 Å². The van der Waals surface area contributed by atoms with Gasteiger partial charge in [0.2, 0.25) is 11.8 Å². The van der Waals surface area contributed by atoms with Crippen molar-refractivity contribution in [3.63, 3.8) is 0 Å². The Morgan fingerprint density at radius 3 is 2.34 bits per heavy atom. The standard InChI is InChI=1S/C23H15BrN4O4/c24-10-5-7-11(8-6-10)28-22(29)15-16(23(28)30)20-21-17(19(15)31-20)18(27-32-21)14-9-25-12-3-1-2-4-13(12)26-14/h1-9,15-17,19-21H/t15-,16+,17-,19-,20+,21-/m1/s1. The van der Waals surface area contributed by atoms with Gasteiger partial charge in [-0.25, -0.2) is 9.88 Å². The summed E-state index contributed by atoms with van der Waals surface area (Å²) in [6, 6.07) is 14.8. The summed E-state index contributed by atoms with van der Waals surface area (Å²) in [6.07, 6.45) is 0.265. The monoisotopic (exact) mass is 490 g/mol. The minimum Gasteiger partial charge on any atom is -0.389 e. The Morgan fingerprint density at radius 1 is 0.844 bits per heavy atom. The van der Waals surface area contributed by atoms with E-state index in [0.29, 0.717) is 17.1 Å². The Balaban J connectivity index is 1.24. The molecule has 7 rings (SSSR count). The molecule has 2 aromatic carbocycles. The molecule has 9 heteroatoms. The molecule has 3 saturated heterocycles. The van der Waals surface area contributed by atoms with Crippen LogP contribution in [0.4, 0.5) is 5.69 Å². The van der Waals surface area contributed by atoms with E-state index in [1.54, 1.807) is 18.3 Å². The fourth-order valence-corrected chi connectivity index (χ4v) is 5.76. The van der Waals surface area contributed by atoms with Gasteiger partial charge in [0.15, 0.2) is 6.10 Å². The average molecular weight is 491 g/mol. The zero-order valence-corrected chi connectivity index (χ0v) is 18.0. The van der Waals surface area contributed by atoms with Crippen LogP contribution in [-0.4, -0.2) is 45.8 Å². The third kappa shape index (κ3) is 2.32. The van der Waals surface area contributed by atoms with Crippen LogP contribution in [-0.2, 0) is 19.2 Å². The summed E-state index contributed by atoms with van der Waals surface area (Å²) in [5, 5.41) is 4.30. The Hall–Kier alpha value is -3.17. The molecule has 158 valence electrons. The molecule has 8 nitrogen and oxygen atoms in total. The number of carbonyl (C=O) groups excluding carboxylic acids is 2. The van der Waals surface area contributed by atoms with Crippen molar-refractivity contribution in [2.75, 3.05) is 4.90 Å². The quantitative estimate of drug-likeness (QED) is 0.512. The van der Waals surface area contributed by atoms with Crippen molar-refractivity contribution in [3.05, 3.63) is 64.9 Å². The average Bonchev–Trinajstić information content (AvgIpc) is 3.55. The van der Waals surface area contributed by atoms with E-state index in [0.717, 1.165) is 15.5 Å². The number of oxime groups is 1. The fourth-order valence-electron chi connectivity index (χ4n) is 5.49. The number of ether oxygens (including phenoxy) is 1. The molecule has 1 aromatic heterocycles. The van der Waals surface area contributed by atoms with Crippen molar-refractivity contribution in [3.8, 4) is 0 Å². The van der Waals surface area contributed by atoms with Gasteiger partial charge in [0, 0.05) is 4.47 Å². The van der Waals surface area contributed by atoms with Gasteiger partial charge in [-0.05, 0) is 36.4 Å². The molecule has 5 heterocycles. The van der Waals surface area contributed by atoms with Crippen LogP contribution >= 0.6 is 15.9 Å². The second kappa shape index (κ2) is 6.43. The van der Waals surface area contributed by atoms with Gasteiger partial charge in [-0.3, -0.25) is 14.6 Å². The molecule has 0 aliphatic carbocycles. The molecule has 32 heavy (non-hydrogen) atoms. The van der Waals surface area contributed by atoms with Crippen LogP contribution in [0.15, 0.2) is 64.4 Å². The number of rotatable bonds is 2.